The van der Waals surface area contributed by atoms with Crippen LogP contribution in [0.25, 0.3) is 76.8 Å². The summed E-state index contributed by atoms with van der Waals surface area (Å²) in [7, 11) is 0. The minimum absolute atomic E-state index is 0.141. The summed E-state index contributed by atoms with van der Waals surface area (Å²) in [5, 5.41) is 7.26. The van der Waals surface area contributed by atoms with E-state index in [0.29, 0.717) is 0 Å². The smallest absolute Gasteiger partial charge is 0.0468 e. The molecular weight excluding hydrogens is 893 g/mol. The number of rotatable bonds is 8. The Morgan fingerprint density at radius 1 is 0.243 bits per heavy atom. The van der Waals surface area contributed by atoms with E-state index in [1.54, 1.807) is 0 Å². The molecule has 2 heteroatoms. The van der Waals surface area contributed by atoms with Gasteiger partial charge in [0.25, 0.3) is 0 Å². The van der Waals surface area contributed by atoms with Crippen molar-refractivity contribution in [2.45, 2.75) is 38.5 Å². The first-order valence-electron chi connectivity index (χ1n) is 26.0. The van der Waals surface area contributed by atoms with Gasteiger partial charge in [-0.05, 0) is 172 Å². The lowest BCUT2D eigenvalue weighted by Crippen LogP contribution is -2.16. The number of benzene rings is 12. The number of anilines is 6. The predicted molar refractivity (Wildman–Crippen MR) is 314 cm³/mol. The van der Waals surface area contributed by atoms with Crippen LogP contribution in [0.2, 0.25) is 0 Å². The monoisotopic (exact) mass is 946 g/mol. The third-order valence-electron chi connectivity index (χ3n) is 16.4. The van der Waals surface area contributed by atoms with Crippen LogP contribution in [0.4, 0.5) is 34.1 Å². The first kappa shape index (κ1) is 43.8. The lowest BCUT2D eigenvalue weighted by atomic mass is 9.82. The summed E-state index contributed by atoms with van der Waals surface area (Å²) in [6.45, 7) is 9.47. The van der Waals surface area contributed by atoms with E-state index >= 15 is 0 Å². The van der Waals surface area contributed by atoms with Gasteiger partial charge in [0, 0.05) is 45.0 Å². The molecule has 0 amide bonds. The van der Waals surface area contributed by atoms with Gasteiger partial charge in [-0.3, -0.25) is 0 Å². The van der Waals surface area contributed by atoms with E-state index in [-0.39, 0.29) is 10.8 Å². The number of hydrogen-bond donors (Lipinski definition) is 0. The van der Waals surface area contributed by atoms with Gasteiger partial charge in [-0.15, -0.1) is 0 Å². The molecule has 0 radical (unpaired) electrons. The van der Waals surface area contributed by atoms with Crippen molar-refractivity contribution in [3.05, 3.63) is 277 Å². The second-order valence-corrected chi connectivity index (χ2v) is 21.2. The third kappa shape index (κ3) is 6.71. The fourth-order valence-corrected chi connectivity index (χ4v) is 12.8. The summed E-state index contributed by atoms with van der Waals surface area (Å²) in [4.78, 5) is 4.90. The molecule has 0 fully saturated rings. The van der Waals surface area contributed by atoms with Gasteiger partial charge in [0.2, 0.25) is 0 Å². The summed E-state index contributed by atoms with van der Waals surface area (Å²) < 4.78 is 0. The summed E-state index contributed by atoms with van der Waals surface area (Å²) in [6, 6.07) is 94.9. The standard InChI is InChI=1S/C72H54N2/c1-71(2)65-33-18-16-30-56(65)58-39-35-53(45-67(58)71)73(49-25-10-6-11-26-49)51-38-42-62-63(43-51)69(48-22-8-5-9-23-48)61-41-37-52(44-64(61)70(62)60-32-20-24-47-21-14-15-29-55(47)60)74(50-27-12-7-13-28-50)54-36-40-59-57-31-17-19-34-66(57)72(3,4)68(59)46-54/h5-46H,1-4H3. The Labute approximate surface area is 434 Å². The molecule has 0 heterocycles. The van der Waals surface area contributed by atoms with E-state index in [9.17, 15) is 0 Å². The summed E-state index contributed by atoms with van der Waals surface area (Å²) >= 11 is 0. The van der Waals surface area contributed by atoms with Crippen LogP contribution in [0.1, 0.15) is 49.9 Å². The highest BCUT2D eigenvalue weighted by Gasteiger charge is 2.37. The van der Waals surface area contributed by atoms with Crippen LogP contribution >= 0.6 is 0 Å². The average molecular weight is 947 g/mol. The zero-order valence-corrected chi connectivity index (χ0v) is 42.1. The first-order valence-corrected chi connectivity index (χ1v) is 26.0. The molecular formula is C72H54N2. The summed E-state index contributed by atoms with van der Waals surface area (Å²) in [5.41, 5.74) is 22.0. The molecule has 2 aliphatic carbocycles. The molecule has 0 N–H and O–H groups in total. The van der Waals surface area contributed by atoms with Crippen LogP contribution in [0.5, 0.6) is 0 Å². The SMILES string of the molecule is CC1(C)c2ccccc2-c2ccc(N(c3ccccc3)c3ccc4c(-c5cccc6ccccc56)c5cc(N(c6ccccc6)c6ccc7c(c6)C(C)(C)c6ccccc6-7)ccc5c(-c5ccccc5)c4c3)cc21. The molecule has 0 saturated heterocycles. The van der Waals surface area contributed by atoms with Gasteiger partial charge in [-0.25, -0.2) is 0 Å². The zero-order chi connectivity index (χ0) is 49.7. The fourth-order valence-electron chi connectivity index (χ4n) is 12.8. The molecule has 0 spiro atoms. The Morgan fingerprint density at radius 3 is 1.19 bits per heavy atom. The van der Waals surface area contributed by atoms with E-state index in [1.807, 2.05) is 0 Å². The molecule has 352 valence electrons. The van der Waals surface area contributed by atoms with Crippen LogP contribution in [0, 0.1) is 0 Å². The summed E-state index contributed by atoms with van der Waals surface area (Å²) in [5.74, 6) is 0. The molecule has 2 aliphatic rings. The topological polar surface area (TPSA) is 6.48 Å². The molecule has 12 aromatic carbocycles. The van der Waals surface area contributed by atoms with Crippen molar-refractivity contribution in [1.29, 1.82) is 0 Å². The van der Waals surface area contributed by atoms with Crippen molar-refractivity contribution in [3.8, 4) is 44.5 Å². The Bertz CT molecular complexity index is 4180. The highest BCUT2D eigenvalue weighted by molar-refractivity contribution is 6.24. The normalized spacial score (nSPS) is 13.6. The molecule has 0 unspecified atom stereocenters. The van der Waals surface area contributed by atoms with Crippen molar-refractivity contribution in [2.75, 3.05) is 9.80 Å². The van der Waals surface area contributed by atoms with Crippen molar-refractivity contribution < 1.29 is 0 Å². The quantitative estimate of drug-likeness (QED) is 0.140. The van der Waals surface area contributed by atoms with Gasteiger partial charge < -0.3 is 9.80 Å². The molecule has 2 nitrogen and oxygen atoms in total. The van der Waals surface area contributed by atoms with Crippen molar-refractivity contribution >= 4 is 66.4 Å². The minimum Gasteiger partial charge on any atom is -0.310 e. The Kier molecular flexibility index (Phi) is 9.94. The van der Waals surface area contributed by atoms with E-state index in [2.05, 4.69) is 292 Å². The number of para-hydroxylation sites is 2. The maximum absolute atomic E-state index is 2.47. The molecule has 74 heavy (non-hydrogen) atoms. The van der Waals surface area contributed by atoms with E-state index in [4.69, 9.17) is 0 Å². The van der Waals surface area contributed by atoms with Gasteiger partial charge >= 0.3 is 0 Å². The molecule has 0 aromatic heterocycles. The minimum atomic E-state index is -0.142. The lowest BCUT2D eigenvalue weighted by Gasteiger charge is -2.30. The van der Waals surface area contributed by atoms with Crippen LogP contribution < -0.4 is 9.80 Å². The Morgan fingerprint density at radius 2 is 0.635 bits per heavy atom. The number of fused-ring (bicyclic) bond motifs is 9. The van der Waals surface area contributed by atoms with Crippen molar-refractivity contribution in [2.24, 2.45) is 0 Å². The third-order valence-corrected chi connectivity index (χ3v) is 16.4. The second kappa shape index (κ2) is 16.8. The highest BCUT2D eigenvalue weighted by Crippen LogP contribution is 2.54. The van der Waals surface area contributed by atoms with Crippen LogP contribution in [0.3, 0.4) is 0 Å². The predicted octanol–water partition coefficient (Wildman–Crippen LogP) is 20.0. The van der Waals surface area contributed by atoms with Gasteiger partial charge in [0.05, 0.1) is 0 Å². The Hall–Kier alpha value is -8.98. The highest BCUT2D eigenvalue weighted by atomic mass is 15.1. The average Bonchev–Trinajstić information content (AvgIpc) is 3.82. The van der Waals surface area contributed by atoms with E-state index in [0.717, 1.165) is 34.1 Å². The van der Waals surface area contributed by atoms with Crippen LogP contribution in [-0.2, 0) is 10.8 Å². The largest absolute Gasteiger partial charge is 0.310 e. The molecule has 0 saturated carbocycles. The number of hydrogen-bond acceptors (Lipinski definition) is 2. The van der Waals surface area contributed by atoms with Gasteiger partial charge in [0.1, 0.15) is 0 Å². The molecule has 14 rings (SSSR count). The van der Waals surface area contributed by atoms with Crippen molar-refractivity contribution in [3.63, 3.8) is 0 Å². The first-order chi connectivity index (χ1) is 36.2. The molecule has 0 aliphatic heterocycles. The van der Waals surface area contributed by atoms with Gasteiger partial charge in [-0.2, -0.15) is 0 Å². The fraction of sp³-hybridized carbons (Fsp3) is 0.0833. The maximum atomic E-state index is 2.47. The lowest BCUT2D eigenvalue weighted by molar-refractivity contribution is 0.660. The zero-order valence-electron chi connectivity index (χ0n) is 42.1. The van der Waals surface area contributed by atoms with Crippen molar-refractivity contribution in [1.82, 2.24) is 0 Å². The Balaban J connectivity index is 1.04. The van der Waals surface area contributed by atoms with Gasteiger partial charge in [0.15, 0.2) is 0 Å². The van der Waals surface area contributed by atoms with Crippen LogP contribution in [-0.4, -0.2) is 0 Å². The molecule has 12 aromatic rings. The summed E-state index contributed by atoms with van der Waals surface area (Å²) in [6.07, 6.45) is 0. The van der Waals surface area contributed by atoms with Gasteiger partial charge in [-0.1, -0.05) is 210 Å². The van der Waals surface area contributed by atoms with E-state index in [1.165, 1.54) is 99.1 Å². The number of nitrogens with zero attached hydrogens (tertiary/aromatic N) is 2. The second-order valence-electron chi connectivity index (χ2n) is 21.2. The van der Waals surface area contributed by atoms with Crippen LogP contribution in [0.15, 0.2) is 255 Å². The molecule has 0 bridgehead atoms. The van der Waals surface area contributed by atoms with E-state index < -0.39 is 0 Å². The maximum Gasteiger partial charge on any atom is 0.0468 e. The molecule has 0 atom stereocenters.